The molecule has 62 heavy (non-hydrogen) atoms. The lowest BCUT2D eigenvalue weighted by atomic mass is 9.94. The van der Waals surface area contributed by atoms with Crippen LogP contribution in [0, 0.1) is 0 Å². The Morgan fingerprint density at radius 1 is 0.597 bits per heavy atom. The highest BCUT2D eigenvalue weighted by atomic mass is 16.8. The third kappa shape index (κ3) is 11.9. The van der Waals surface area contributed by atoms with E-state index in [9.17, 15) is 91.0 Å². The van der Waals surface area contributed by atoms with E-state index in [1.165, 1.54) is 0 Å². The Labute approximate surface area is 351 Å². The Bertz CT molecular complexity index is 1420. The second-order valence-electron chi connectivity index (χ2n) is 15.1. The zero-order valence-electron chi connectivity index (χ0n) is 33.2. The average molecular weight is 911 g/mol. The Morgan fingerprint density at radius 3 is 1.61 bits per heavy atom. The standard InChI is InChI=1S/C34H58N2O26/c1-9(42)35-11(3-37)18(45)28(12(44)4-38)60-31-17(36-10(2)43)22(49)29(15(7-41)58-31)61-34-27(54)30(62-33-26(53)24(51)20(47)14(6-40)57-33)21(48)16(59-34)8-55-32-25(52)23(50)19(46)13(5-39)56-32/h3,11-34,38-41,44-54H,4-8H2,1-2H3,(H,35,42)(H,36,43)/t11-,12+,13+,14+,15+,16+,17+,18+,19+,20+,21+,22+,23-,24-,25-,26-,27-,28+,29+,30-,31-,32-,33+,34-/m0/s1. The van der Waals surface area contributed by atoms with Gasteiger partial charge in [0.1, 0.15) is 128 Å². The van der Waals surface area contributed by atoms with Crippen molar-refractivity contribution in [1.82, 2.24) is 10.6 Å². The van der Waals surface area contributed by atoms with Crippen LogP contribution in [-0.4, -0.2) is 275 Å². The number of carbonyl (C=O) groups is 3. The maximum Gasteiger partial charge on any atom is 0.217 e. The van der Waals surface area contributed by atoms with Crippen LogP contribution in [0.1, 0.15) is 13.8 Å². The van der Waals surface area contributed by atoms with Gasteiger partial charge in [-0.3, -0.25) is 9.59 Å². The van der Waals surface area contributed by atoms with Gasteiger partial charge in [0.2, 0.25) is 11.8 Å². The highest BCUT2D eigenvalue weighted by molar-refractivity contribution is 5.77. The molecule has 0 aromatic heterocycles. The molecule has 0 saturated carbocycles. The van der Waals surface area contributed by atoms with Crippen LogP contribution >= 0.6 is 0 Å². The smallest absolute Gasteiger partial charge is 0.217 e. The zero-order valence-corrected chi connectivity index (χ0v) is 33.2. The van der Waals surface area contributed by atoms with Gasteiger partial charge in [0, 0.05) is 13.8 Å². The molecule has 4 saturated heterocycles. The van der Waals surface area contributed by atoms with Gasteiger partial charge in [0.05, 0.1) is 33.0 Å². The highest BCUT2D eigenvalue weighted by Gasteiger charge is 2.55. The molecule has 0 radical (unpaired) electrons. The summed E-state index contributed by atoms with van der Waals surface area (Å²) in [6, 6.07) is -3.51. The lowest BCUT2D eigenvalue weighted by Gasteiger charge is -2.49. The van der Waals surface area contributed by atoms with Crippen molar-refractivity contribution < 1.29 is 129 Å². The summed E-state index contributed by atoms with van der Waals surface area (Å²) in [7, 11) is 0. The summed E-state index contributed by atoms with van der Waals surface area (Å²) in [6.07, 6.45) is -42.2. The predicted molar refractivity (Wildman–Crippen MR) is 191 cm³/mol. The number of aliphatic hydroxyl groups excluding tert-OH is 15. The van der Waals surface area contributed by atoms with Crippen molar-refractivity contribution in [2.45, 2.75) is 161 Å². The first kappa shape index (κ1) is 52.3. The van der Waals surface area contributed by atoms with Crippen molar-refractivity contribution in [1.29, 1.82) is 0 Å². The second kappa shape index (κ2) is 23.2. The quantitative estimate of drug-likeness (QED) is 0.0535. The fraction of sp³-hybridized carbons (Fsp3) is 0.912. The minimum atomic E-state index is -2.21. The number of rotatable bonds is 19. The summed E-state index contributed by atoms with van der Waals surface area (Å²) in [4.78, 5) is 35.8. The second-order valence-corrected chi connectivity index (χ2v) is 15.1. The third-order valence-electron chi connectivity index (χ3n) is 10.6. The Balaban J connectivity index is 1.65. The van der Waals surface area contributed by atoms with Crippen LogP contribution in [0.5, 0.6) is 0 Å². The topological polar surface area (TPSA) is 453 Å². The maximum absolute atomic E-state index is 12.4. The molecule has 17 N–H and O–H groups in total. The summed E-state index contributed by atoms with van der Waals surface area (Å²) < 4.78 is 45.0. The molecule has 28 nitrogen and oxygen atoms in total. The summed E-state index contributed by atoms with van der Waals surface area (Å²) in [5.41, 5.74) is 0. The van der Waals surface area contributed by atoms with E-state index in [1.807, 2.05) is 0 Å². The first-order valence-corrected chi connectivity index (χ1v) is 19.4. The normalized spacial score (nSPS) is 43.5. The first-order valence-electron chi connectivity index (χ1n) is 19.4. The fourth-order valence-electron chi connectivity index (χ4n) is 7.23. The third-order valence-corrected chi connectivity index (χ3v) is 10.6. The van der Waals surface area contributed by atoms with E-state index >= 15 is 0 Å². The van der Waals surface area contributed by atoms with Gasteiger partial charge in [-0.25, -0.2) is 0 Å². The monoisotopic (exact) mass is 910 g/mol. The van der Waals surface area contributed by atoms with Crippen molar-refractivity contribution in [3.8, 4) is 0 Å². The van der Waals surface area contributed by atoms with Gasteiger partial charge in [-0.2, -0.15) is 0 Å². The van der Waals surface area contributed by atoms with E-state index in [1.54, 1.807) is 0 Å². The Morgan fingerprint density at radius 2 is 1.10 bits per heavy atom. The van der Waals surface area contributed by atoms with Crippen LogP contribution < -0.4 is 10.6 Å². The molecule has 0 aromatic carbocycles. The van der Waals surface area contributed by atoms with E-state index in [4.69, 9.17) is 37.9 Å². The SMILES string of the molecule is CC(=O)N[C@H]1[C@H](O[C@@H]([C@H](O)[C@H](C=O)NC(C)=O)[C@H](O)CO)O[C@H](CO)[C@@H](O[C@@H]2O[C@H](CO[C@H]3O[C@H](CO)[C@@H](O)[C@H](O)[C@@H]3O)[C@@H](O)[C@H](O[C@H]3O[C@H](CO)[C@@H](O)[C@H](O)[C@@H]3O)[C@@H]2O)[C@@H]1O. The Kier molecular flexibility index (Phi) is 19.6. The van der Waals surface area contributed by atoms with Crippen LogP contribution in [0.2, 0.25) is 0 Å². The van der Waals surface area contributed by atoms with Gasteiger partial charge < -0.3 is 130 Å². The van der Waals surface area contributed by atoms with Gasteiger partial charge in [-0.05, 0) is 0 Å². The molecule has 0 bridgehead atoms. The zero-order chi connectivity index (χ0) is 46.3. The lowest BCUT2D eigenvalue weighted by Crippen LogP contribution is -2.69. The Hall–Kier alpha value is -2.31. The number of nitrogens with one attached hydrogen (secondary N) is 2. The highest BCUT2D eigenvalue weighted by Crippen LogP contribution is 2.34. The van der Waals surface area contributed by atoms with Gasteiger partial charge in [0.15, 0.2) is 25.2 Å². The molecule has 2 amide bonds. The molecule has 4 aliphatic heterocycles. The molecule has 24 atom stereocenters. The van der Waals surface area contributed by atoms with E-state index in [0.717, 1.165) is 13.8 Å². The van der Waals surface area contributed by atoms with Crippen LogP contribution in [0.15, 0.2) is 0 Å². The maximum atomic E-state index is 12.4. The molecule has 28 heteroatoms. The van der Waals surface area contributed by atoms with Crippen molar-refractivity contribution in [2.24, 2.45) is 0 Å². The largest absolute Gasteiger partial charge is 0.394 e. The van der Waals surface area contributed by atoms with Gasteiger partial charge >= 0.3 is 0 Å². The van der Waals surface area contributed by atoms with E-state index in [-0.39, 0.29) is 6.29 Å². The van der Waals surface area contributed by atoms with Crippen LogP contribution in [0.25, 0.3) is 0 Å². The molecule has 360 valence electrons. The lowest BCUT2D eigenvalue weighted by molar-refractivity contribution is -0.382. The number of aldehydes is 1. The fourth-order valence-corrected chi connectivity index (χ4v) is 7.23. The minimum absolute atomic E-state index is 0.0952. The van der Waals surface area contributed by atoms with Crippen LogP contribution in [-0.2, 0) is 52.3 Å². The van der Waals surface area contributed by atoms with Crippen molar-refractivity contribution in [2.75, 3.05) is 33.0 Å². The summed E-state index contributed by atoms with van der Waals surface area (Å²) in [5.74, 6) is -1.64. The van der Waals surface area contributed by atoms with Crippen LogP contribution in [0.3, 0.4) is 0 Å². The van der Waals surface area contributed by atoms with Crippen molar-refractivity contribution in [3.05, 3.63) is 0 Å². The molecule has 4 aliphatic rings. The number of hydrogen-bond acceptors (Lipinski definition) is 26. The van der Waals surface area contributed by atoms with Gasteiger partial charge in [-0.15, -0.1) is 0 Å². The summed E-state index contributed by atoms with van der Waals surface area (Å²) in [6.45, 7) is -2.77. The minimum Gasteiger partial charge on any atom is -0.394 e. The summed E-state index contributed by atoms with van der Waals surface area (Å²) in [5, 5.41) is 162. The van der Waals surface area contributed by atoms with E-state index in [0.29, 0.717) is 0 Å². The first-order chi connectivity index (χ1) is 29.2. The number of aliphatic hydroxyl groups is 15. The van der Waals surface area contributed by atoms with Crippen molar-refractivity contribution >= 4 is 18.1 Å². The molecular weight excluding hydrogens is 852 g/mol. The number of hydrogen-bond donors (Lipinski definition) is 17. The molecule has 4 fully saturated rings. The van der Waals surface area contributed by atoms with Crippen LogP contribution in [0.4, 0.5) is 0 Å². The molecular formula is C34H58N2O26. The van der Waals surface area contributed by atoms with E-state index < -0.39 is 192 Å². The molecule has 0 aromatic rings. The molecule has 0 unspecified atom stereocenters. The van der Waals surface area contributed by atoms with Gasteiger partial charge in [-0.1, -0.05) is 0 Å². The van der Waals surface area contributed by atoms with E-state index in [2.05, 4.69) is 10.6 Å². The molecule has 4 rings (SSSR count). The molecule has 4 heterocycles. The number of carbonyl (C=O) groups excluding carboxylic acids is 3. The number of amides is 2. The number of ether oxygens (including phenoxy) is 8. The average Bonchev–Trinajstić information content (AvgIpc) is 3.24. The molecule has 0 aliphatic carbocycles. The molecule has 0 spiro atoms. The predicted octanol–water partition coefficient (Wildman–Crippen LogP) is -11.8. The van der Waals surface area contributed by atoms with Gasteiger partial charge in [0.25, 0.3) is 0 Å². The van der Waals surface area contributed by atoms with Crippen molar-refractivity contribution in [3.63, 3.8) is 0 Å². The summed E-state index contributed by atoms with van der Waals surface area (Å²) >= 11 is 0.